The lowest BCUT2D eigenvalue weighted by Crippen LogP contribution is -2.49. The van der Waals surface area contributed by atoms with Gasteiger partial charge in [-0.3, -0.25) is 0 Å². The van der Waals surface area contributed by atoms with Crippen molar-refractivity contribution in [1.29, 1.82) is 0 Å². The molecule has 0 fully saturated rings. The van der Waals surface area contributed by atoms with Crippen LogP contribution < -0.4 is 10.1 Å². The Kier molecular flexibility index (Phi) is 3.49. The summed E-state index contributed by atoms with van der Waals surface area (Å²) >= 11 is 6.92. The monoisotopic (exact) mass is 271 g/mol. The molecule has 2 N–H and O–H groups in total. The Morgan fingerprint density at radius 2 is 2.18 bits per heavy atom. The average Bonchev–Trinajstić information content (AvgIpc) is 2.78. The van der Waals surface area contributed by atoms with Gasteiger partial charge in [0.2, 0.25) is 4.87 Å². The summed E-state index contributed by atoms with van der Waals surface area (Å²) in [5.74, 6) is -0.370. The molecular weight excluding hydrogens is 262 g/mol. The summed E-state index contributed by atoms with van der Waals surface area (Å²) in [5, 5.41) is 14.2. The lowest BCUT2D eigenvalue weighted by atomic mass is 10.3. The van der Waals surface area contributed by atoms with E-state index in [9.17, 15) is 4.79 Å². The minimum absolute atomic E-state index is 0.0294. The molecule has 0 aliphatic carbocycles. The molecule has 0 spiro atoms. The van der Waals surface area contributed by atoms with Crippen molar-refractivity contribution < 1.29 is 14.6 Å². The van der Waals surface area contributed by atoms with Crippen LogP contribution in [-0.2, 0) is 4.79 Å². The standard InChI is InChI=1S/C11H10ClNO3S/c12-8-1-3-9(4-2-8)16-7-11(10(14)15)13-5-6-17-11/h1-6,13H,7H2,(H,14,15). The first-order valence-corrected chi connectivity index (χ1v) is 6.10. The lowest BCUT2D eigenvalue weighted by Gasteiger charge is -2.23. The van der Waals surface area contributed by atoms with E-state index < -0.39 is 10.8 Å². The smallest absolute Gasteiger partial charge is 0.344 e. The van der Waals surface area contributed by atoms with Crippen LogP contribution in [0.4, 0.5) is 0 Å². The highest BCUT2D eigenvalue weighted by Crippen LogP contribution is 2.30. The second kappa shape index (κ2) is 4.89. The molecule has 1 heterocycles. The number of halogens is 1. The fraction of sp³-hybridized carbons (Fsp3) is 0.182. The van der Waals surface area contributed by atoms with Crippen molar-refractivity contribution >= 4 is 29.3 Å². The second-order valence-electron chi connectivity index (χ2n) is 3.44. The second-order valence-corrected chi connectivity index (χ2v) is 5.08. The van der Waals surface area contributed by atoms with Crippen LogP contribution in [0.15, 0.2) is 35.9 Å². The van der Waals surface area contributed by atoms with Crippen LogP contribution in [0.2, 0.25) is 5.02 Å². The van der Waals surface area contributed by atoms with Crippen molar-refractivity contribution in [2.75, 3.05) is 6.61 Å². The van der Waals surface area contributed by atoms with Crippen LogP contribution in [0.25, 0.3) is 0 Å². The largest absolute Gasteiger partial charge is 0.490 e. The van der Waals surface area contributed by atoms with E-state index in [-0.39, 0.29) is 6.61 Å². The summed E-state index contributed by atoms with van der Waals surface area (Å²) in [6, 6.07) is 6.78. The zero-order valence-corrected chi connectivity index (χ0v) is 10.3. The number of carbonyl (C=O) groups is 1. The van der Waals surface area contributed by atoms with Crippen molar-refractivity contribution in [3.63, 3.8) is 0 Å². The molecule has 1 unspecified atom stereocenters. The van der Waals surface area contributed by atoms with Gasteiger partial charge in [-0.2, -0.15) is 0 Å². The van der Waals surface area contributed by atoms with Crippen molar-refractivity contribution in [1.82, 2.24) is 5.32 Å². The van der Waals surface area contributed by atoms with Crippen molar-refractivity contribution in [2.24, 2.45) is 0 Å². The van der Waals surface area contributed by atoms with E-state index in [1.54, 1.807) is 35.9 Å². The topological polar surface area (TPSA) is 58.6 Å². The molecule has 2 rings (SSSR count). The highest BCUT2D eigenvalue weighted by Gasteiger charge is 2.41. The van der Waals surface area contributed by atoms with Crippen molar-refractivity contribution in [3.8, 4) is 5.75 Å². The third-order valence-electron chi connectivity index (χ3n) is 2.25. The number of benzene rings is 1. The minimum Gasteiger partial charge on any atom is -0.490 e. The van der Waals surface area contributed by atoms with E-state index in [1.807, 2.05) is 0 Å². The Morgan fingerprint density at radius 1 is 1.47 bits per heavy atom. The molecule has 1 aromatic rings. The normalized spacial score (nSPS) is 22.2. The van der Waals surface area contributed by atoms with Crippen LogP contribution in [0, 0.1) is 0 Å². The zero-order chi connectivity index (χ0) is 12.3. The fourth-order valence-corrected chi connectivity index (χ4v) is 2.18. The van der Waals surface area contributed by atoms with Gasteiger partial charge >= 0.3 is 5.97 Å². The third-order valence-corrected chi connectivity index (χ3v) is 3.59. The third kappa shape index (κ3) is 2.68. The zero-order valence-electron chi connectivity index (χ0n) is 8.72. The number of hydrogen-bond donors (Lipinski definition) is 2. The Morgan fingerprint density at radius 3 is 2.71 bits per heavy atom. The molecular formula is C11H10ClNO3S. The summed E-state index contributed by atoms with van der Waals surface area (Å²) in [6.07, 6.45) is 1.60. The summed E-state index contributed by atoms with van der Waals surface area (Å²) < 4.78 is 5.45. The van der Waals surface area contributed by atoms with Gasteiger partial charge in [-0.05, 0) is 29.7 Å². The molecule has 17 heavy (non-hydrogen) atoms. The minimum atomic E-state index is -1.14. The van der Waals surface area contributed by atoms with Crippen LogP contribution in [0.1, 0.15) is 0 Å². The Hall–Kier alpha value is -1.33. The molecule has 90 valence electrons. The SMILES string of the molecule is O=C(O)C1(COc2ccc(Cl)cc2)NC=CS1. The fourth-order valence-electron chi connectivity index (χ4n) is 1.32. The number of carboxylic acid groups (broad SMARTS) is 1. The molecule has 0 saturated heterocycles. The quantitative estimate of drug-likeness (QED) is 0.880. The maximum absolute atomic E-state index is 11.2. The first kappa shape index (κ1) is 12.1. The van der Waals surface area contributed by atoms with Gasteiger partial charge in [0.1, 0.15) is 12.4 Å². The van der Waals surface area contributed by atoms with Crippen LogP contribution >= 0.6 is 23.4 Å². The van der Waals surface area contributed by atoms with Gasteiger partial charge in [-0.1, -0.05) is 23.4 Å². The molecule has 0 amide bonds. The van der Waals surface area contributed by atoms with E-state index in [2.05, 4.69) is 5.32 Å². The first-order valence-electron chi connectivity index (χ1n) is 4.85. The first-order chi connectivity index (χ1) is 8.12. The Bertz CT molecular complexity index is 439. The molecule has 1 aliphatic heterocycles. The molecule has 0 radical (unpaired) electrons. The molecule has 4 nitrogen and oxygen atoms in total. The molecule has 6 heteroatoms. The van der Waals surface area contributed by atoms with Gasteiger partial charge in [-0.25, -0.2) is 4.79 Å². The number of thioether (sulfide) groups is 1. The van der Waals surface area contributed by atoms with Gasteiger partial charge in [0, 0.05) is 11.2 Å². The van der Waals surface area contributed by atoms with Crippen LogP contribution in [0.3, 0.4) is 0 Å². The lowest BCUT2D eigenvalue weighted by molar-refractivity contribution is -0.141. The molecule has 0 aromatic heterocycles. The van der Waals surface area contributed by atoms with Crippen molar-refractivity contribution in [2.45, 2.75) is 4.87 Å². The van der Waals surface area contributed by atoms with Crippen LogP contribution in [0.5, 0.6) is 5.75 Å². The molecule has 0 bridgehead atoms. The van der Waals surface area contributed by atoms with Gasteiger partial charge in [0.25, 0.3) is 0 Å². The number of nitrogens with one attached hydrogen (secondary N) is 1. The maximum atomic E-state index is 11.2. The summed E-state index contributed by atoms with van der Waals surface area (Å²) in [5.41, 5.74) is 0. The maximum Gasteiger partial charge on any atom is 0.344 e. The number of carboxylic acids is 1. The predicted molar refractivity (Wildman–Crippen MR) is 67.2 cm³/mol. The van der Waals surface area contributed by atoms with E-state index in [0.29, 0.717) is 10.8 Å². The van der Waals surface area contributed by atoms with Crippen LogP contribution in [-0.4, -0.2) is 22.6 Å². The summed E-state index contributed by atoms with van der Waals surface area (Å²) in [4.78, 5) is 10.0. The molecule has 1 aliphatic rings. The van der Waals surface area contributed by atoms with E-state index in [4.69, 9.17) is 21.4 Å². The number of aliphatic carboxylic acids is 1. The Balaban J connectivity index is 2.01. The Labute approximate surface area is 108 Å². The predicted octanol–water partition coefficient (Wildman–Crippen LogP) is 2.31. The highest BCUT2D eigenvalue weighted by atomic mass is 35.5. The van der Waals surface area contributed by atoms with E-state index in [0.717, 1.165) is 0 Å². The van der Waals surface area contributed by atoms with Gasteiger partial charge in [0.05, 0.1) is 0 Å². The highest BCUT2D eigenvalue weighted by molar-refractivity contribution is 8.04. The number of rotatable bonds is 4. The molecule has 1 aromatic carbocycles. The van der Waals surface area contributed by atoms with Gasteiger partial charge in [0.15, 0.2) is 0 Å². The van der Waals surface area contributed by atoms with E-state index >= 15 is 0 Å². The molecule has 1 atom stereocenters. The summed E-state index contributed by atoms with van der Waals surface area (Å²) in [7, 11) is 0. The number of ether oxygens (including phenoxy) is 1. The van der Waals surface area contributed by atoms with Gasteiger partial charge < -0.3 is 15.2 Å². The summed E-state index contributed by atoms with van der Waals surface area (Å²) in [6.45, 7) is 0.0294. The number of hydrogen-bond acceptors (Lipinski definition) is 4. The van der Waals surface area contributed by atoms with E-state index in [1.165, 1.54) is 11.8 Å². The average molecular weight is 272 g/mol. The molecule has 0 saturated carbocycles. The van der Waals surface area contributed by atoms with Gasteiger partial charge in [-0.15, -0.1) is 0 Å². The van der Waals surface area contributed by atoms with Crippen molar-refractivity contribution in [3.05, 3.63) is 40.9 Å².